The predicted octanol–water partition coefficient (Wildman–Crippen LogP) is 0.929. The van der Waals surface area contributed by atoms with Gasteiger partial charge < -0.3 is 15.1 Å². The lowest BCUT2D eigenvalue weighted by Crippen LogP contribution is -2.50. The number of rotatable bonds is 4. The molecule has 0 spiro atoms. The maximum Gasteiger partial charge on any atom is 0.243 e. The summed E-state index contributed by atoms with van der Waals surface area (Å²) in [5, 5.41) is 5.80. The molecular weight excluding hydrogens is 378 g/mol. The highest BCUT2D eigenvalue weighted by Crippen LogP contribution is 2.35. The number of nitrogens with one attached hydrogen (secondary N) is 2. The molecule has 3 saturated heterocycles. The van der Waals surface area contributed by atoms with E-state index in [9.17, 15) is 9.59 Å². The van der Waals surface area contributed by atoms with E-state index in [2.05, 4.69) is 26.5 Å². The number of nitrogens with zero attached hydrogens (tertiary/aromatic N) is 3. The molecule has 7 nitrogen and oxygen atoms in total. The van der Waals surface area contributed by atoms with Crippen LogP contribution in [0.3, 0.4) is 0 Å². The van der Waals surface area contributed by atoms with E-state index in [-0.39, 0.29) is 18.2 Å². The van der Waals surface area contributed by atoms with Crippen molar-refractivity contribution in [3.8, 4) is 0 Å². The summed E-state index contributed by atoms with van der Waals surface area (Å²) in [6.07, 6.45) is 2.90. The van der Waals surface area contributed by atoms with E-state index in [1.807, 2.05) is 12.1 Å². The van der Waals surface area contributed by atoms with E-state index in [1.165, 1.54) is 6.54 Å². The van der Waals surface area contributed by atoms with Crippen molar-refractivity contribution >= 4 is 17.5 Å². The second-order valence-corrected chi connectivity index (χ2v) is 8.93. The molecule has 2 N–H and O–H groups in total. The van der Waals surface area contributed by atoms with Gasteiger partial charge in [-0.25, -0.2) is 0 Å². The average molecular weight is 414 g/mol. The second kappa shape index (κ2) is 8.65. The number of carbonyl (C=O) groups excluding carboxylic acids is 2. The third-order valence-electron chi connectivity index (χ3n) is 6.93. The molecule has 3 unspecified atom stereocenters. The van der Waals surface area contributed by atoms with Crippen LogP contribution in [0.2, 0.25) is 0 Å². The first-order valence-corrected chi connectivity index (χ1v) is 11.3. The fraction of sp³-hybridized carbons (Fsp3) is 0.652. The van der Waals surface area contributed by atoms with E-state index in [1.54, 1.807) is 4.90 Å². The van der Waals surface area contributed by atoms with Crippen molar-refractivity contribution < 1.29 is 12.3 Å². The Morgan fingerprint density at radius 1 is 1.03 bits per heavy atom. The normalized spacial score (nSPS) is 32.5. The maximum absolute atomic E-state index is 12.5. The van der Waals surface area contributed by atoms with Gasteiger partial charge in [0.1, 0.15) is 0 Å². The zero-order valence-electron chi connectivity index (χ0n) is 19.5. The zero-order chi connectivity index (χ0) is 22.2. The number of piperidine rings is 2. The highest BCUT2D eigenvalue weighted by molar-refractivity contribution is 6.00. The topological polar surface area (TPSA) is 67.9 Å². The lowest BCUT2D eigenvalue weighted by Gasteiger charge is -2.38. The molecule has 1 aromatic rings. The molecule has 0 aliphatic carbocycles. The fourth-order valence-corrected chi connectivity index (χ4v) is 5.21. The van der Waals surface area contributed by atoms with Crippen LogP contribution in [0.5, 0.6) is 0 Å². The molecule has 2 amide bonds. The van der Waals surface area contributed by atoms with Crippen LogP contribution in [-0.4, -0.2) is 73.5 Å². The molecule has 4 heterocycles. The van der Waals surface area contributed by atoms with Gasteiger partial charge in [0.05, 0.1) is 6.04 Å². The van der Waals surface area contributed by atoms with Crippen molar-refractivity contribution in [2.24, 2.45) is 5.92 Å². The van der Waals surface area contributed by atoms with Crippen LogP contribution in [0.15, 0.2) is 18.2 Å². The smallest absolute Gasteiger partial charge is 0.243 e. The molecule has 1 aromatic carbocycles. The Morgan fingerprint density at radius 2 is 1.83 bits per heavy atom. The number of anilines is 1. The van der Waals surface area contributed by atoms with E-state index in [0.717, 1.165) is 68.9 Å². The average Bonchev–Trinajstić information content (AvgIpc) is 3.06. The summed E-state index contributed by atoms with van der Waals surface area (Å²) < 4.78 is 17.7. The summed E-state index contributed by atoms with van der Waals surface area (Å²) in [5.74, 6) is 0.0611. The molecule has 0 radical (unpaired) electrons. The first-order valence-electron chi connectivity index (χ1n) is 12.4. The third kappa shape index (κ3) is 4.11. The Bertz CT molecular complexity index is 870. The molecule has 5 rings (SSSR count). The van der Waals surface area contributed by atoms with Gasteiger partial charge in [-0.3, -0.25) is 19.8 Å². The molecule has 3 fully saturated rings. The molecule has 0 bridgehead atoms. The maximum atomic E-state index is 12.5. The highest BCUT2D eigenvalue weighted by Gasteiger charge is 2.36. The van der Waals surface area contributed by atoms with E-state index < -0.39 is 19.1 Å². The zero-order valence-corrected chi connectivity index (χ0v) is 17.5. The number of fused-ring (bicyclic) bond motifs is 1. The van der Waals surface area contributed by atoms with Crippen LogP contribution in [0.4, 0.5) is 5.69 Å². The van der Waals surface area contributed by atoms with Crippen LogP contribution in [-0.2, 0) is 22.6 Å². The summed E-state index contributed by atoms with van der Waals surface area (Å²) in [6.45, 7) is 5.98. The predicted molar refractivity (Wildman–Crippen MR) is 116 cm³/mol. The van der Waals surface area contributed by atoms with Crippen molar-refractivity contribution in [1.29, 1.82) is 0 Å². The van der Waals surface area contributed by atoms with Gasteiger partial charge >= 0.3 is 0 Å². The third-order valence-corrected chi connectivity index (χ3v) is 6.93. The number of hydrogen-bond acceptors (Lipinski definition) is 6. The van der Waals surface area contributed by atoms with E-state index >= 15 is 0 Å². The lowest BCUT2D eigenvalue weighted by atomic mass is 9.94. The quantitative estimate of drug-likeness (QED) is 0.716. The molecule has 4 aliphatic heterocycles. The van der Waals surface area contributed by atoms with Crippen molar-refractivity contribution in [3.05, 3.63) is 29.3 Å². The number of benzene rings is 1. The van der Waals surface area contributed by atoms with Crippen LogP contribution in [0.25, 0.3) is 0 Å². The largest absolute Gasteiger partial charge is 0.371 e. The van der Waals surface area contributed by atoms with Gasteiger partial charge in [0.15, 0.2) is 0 Å². The van der Waals surface area contributed by atoms with Gasteiger partial charge in [-0.2, -0.15) is 0 Å². The molecule has 0 saturated carbocycles. The van der Waals surface area contributed by atoms with Crippen molar-refractivity contribution in [2.45, 2.75) is 44.8 Å². The fourth-order valence-electron chi connectivity index (χ4n) is 5.21. The molecule has 162 valence electrons. The Balaban J connectivity index is 1.29. The van der Waals surface area contributed by atoms with Crippen LogP contribution < -0.4 is 15.5 Å². The first kappa shape index (κ1) is 17.7. The Hall–Kier alpha value is -1.96. The SMILES string of the molecule is [2H]C1c2cccc(N3CCC(CN4CCNCC4)CC3)c2C([2H])N1C1CCC(=O)NC1=O. The van der Waals surface area contributed by atoms with Crippen molar-refractivity contribution in [3.63, 3.8) is 0 Å². The minimum atomic E-state index is -0.772. The van der Waals surface area contributed by atoms with Gasteiger partial charge in [-0.1, -0.05) is 12.1 Å². The molecule has 30 heavy (non-hydrogen) atoms. The number of amides is 2. The van der Waals surface area contributed by atoms with Crippen LogP contribution in [0.1, 0.15) is 39.6 Å². The highest BCUT2D eigenvalue weighted by atomic mass is 16.2. The van der Waals surface area contributed by atoms with Crippen molar-refractivity contribution in [2.75, 3.05) is 50.7 Å². The summed E-state index contributed by atoms with van der Waals surface area (Å²) in [7, 11) is 0. The Kier molecular flexibility index (Phi) is 5.10. The number of imide groups is 1. The van der Waals surface area contributed by atoms with Gasteiger partial charge in [-0.05, 0) is 42.4 Å². The molecular formula is C23H33N5O2. The standard InChI is InChI=1S/C23H33N5O2/c29-22-5-4-21(23(30)25-22)28-15-18-2-1-3-20(19(18)16-28)27-10-6-17(7-11-27)14-26-12-8-24-9-13-26/h1-3,17,21,24H,4-16H2,(H,25,29,30)/i15D,16D. The Labute approximate surface area is 181 Å². The van der Waals surface area contributed by atoms with Gasteiger partial charge in [0.25, 0.3) is 0 Å². The van der Waals surface area contributed by atoms with E-state index in [0.29, 0.717) is 12.3 Å². The van der Waals surface area contributed by atoms with Crippen LogP contribution >= 0.6 is 0 Å². The van der Waals surface area contributed by atoms with Gasteiger partial charge in [-0.15, -0.1) is 0 Å². The number of carbonyl (C=O) groups is 2. The monoisotopic (exact) mass is 413 g/mol. The Morgan fingerprint density at radius 3 is 2.60 bits per heavy atom. The molecule has 7 heteroatoms. The molecule has 3 atom stereocenters. The number of piperazine rings is 1. The summed E-state index contributed by atoms with van der Waals surface area (Å²) >= 11 is 0. The molecule has 0 aromatic heterocycles. The van der Waals surface area contributed by atoms with Crippen LogP contribution in [0, 0.1) is 5.92 Å². The lowest BCUT2D eigenvalue weighted by molar-refractivity contribution is -0.137. The van der Waals surface area contributed by atoms with Crippen molar-refractivity contribution in [1.82, 2.24) is 20.4 Å². The van der Waals surface area contributed by atoms with Gasteiger partial charge in [0, 0.05) is 73.7 Å². The minimum absolute atomic E-state index is 0.260. The first-order chi connectivity index (χ1) is 15.5. The minimum Gasteiger partial charge on any atom is -0.371 e. The summed E-state index contributed by atoms with van der Waals surface area (Å²) in [4.78, 5) is 30.6. The van der Waals surface area contributed by atoms with Gasteiger partial charge in [0.2, 0.25) is 11.8 Å². The summed E-state index contributed by atoms with van der Waals surface area (Å²) in [6, 6.07) is 5.35. The second-order valence-electron chi connectivity index (χ2n) is 8.93. The number of hydrogen-bond donors (Lipinski definition) is 2. The van der Waals surface area contributed by atoms with E-state index in [4.69, 9.17) is 2.74 Å². The summed E-state index contributed by atoms with van der Waals surface area (Å²) in [5.41, 5.74) is 2.71. The molecule has 4 aliphatic rings.